The van der Waals surface area contributed by atoms with Crippen molar-refractivity contribution in [3.8, 4) is 34.0 Å². The fourth-order valence-corrected chi connectivity index (χ4v) is 8.02. The van der Waals surface area contributed by atoms with Gasteiger partial charge in [-0.2, -0.15) is 5.10 Å². The van der Waals surface area contributed by atoms with Gasteiger partial charge in [0.25, 0.3) is 0 Å². The van der Waals surface area contributed by atoms with Crippen molar-refractivity contribution in [2.45, 2.75) is 0 Å². The average molecular weight is 710 g/mol. The first-order valence-electron chi connectivity index (χ1n) is 18.5. The van der Waals surface area contributed by atoms with Crippen LogP contribution in [0.25, 0.3) is 55.8 Å². The second-order valence-corrected chi connectivity index (χ2v) is 14.0. The van der Waals surface area contributed by atoms with Crippen molar-refractivity contribution in [2.75, 3.05) is 18.6 Å². The maximum absolute atomic E-state index is 5.52. The zero-order valence-electron chi connectivity index (χ0n) is 30.3. The lowest BCUT2D eigenvalue weighted by Gasteiger charge is -2.22. The molecule has 0 unspecified atom stereocenters. The van der Waals surface area contributed by atoms with Crippen molar-refractivity contribution < 1.29 is 0 Å². The van der Waals surface area contributed by atoms with Gasteiger partial charge in [0, 0.05) is 48.2 Å². The SMILES string of the molecule is CN1C=CN(c2cncc(B(c3ccc4c5ccccc5n(-c5ccccn5)c4c3)c3c(-c4ccccc4)nn(-c4ccccc4)c3-c3ccccc3)c2)C1. The van der Waals surface area contributed by atoms with Crippen molar-refractivity contribution in [2.24, 2.45) is 0 Å². The van der Waals surface area contributed by atoms with Gasteiger partial charge in [-0.3, -0.25) is 9.55 Å². The van der Waals surface area contributed by atoms with Crippen LogP contribution in [0, 0.1) is 0 Å². The molecule has 7 nitrogen and oxygen atoms in total. The zero-order valence-corrected chi connectivity index (χ0v) is 30.3. The number of aromatic nitrogens is 5. The molecule has 0 fully saturated rings. The first-order chi connectivity index (χ1) is 27.2. The highest BCUT2D eigenvalue weighted by Gasteiger charge is 2.34. The van der Waals surface area contributed by atoms with Crippen molar-refractivity contribution in [3.05, 3.63) is 189 Å². The Balaban J connectivity index is 1.31. The minimum Gasteiger partial charge on any atom is -0.361 e. The molecule has 0 atom stereocenters. The van der Waals surface area contributed by atoms with Gasteiger partial charge in [0.05, 0.1) is 46.7 Å². The summed E-state index contributed by atoms with van der Waals surface area (Å²) in [7, 11) is 2.09. The molecule has 0 N–H and O–H groups in total. The second kappa shape index (κ2) is 13.7. The molecule has 4 aromatic heterocycles. The number of fused-ring (bicyclic) bond motifs is 3. The molecule has 5 heterocycles. The summed E-state index contributed by atoms with van der Waals surface area (Å²) in [5.41, 5.74) is 11.6. The van der Waals surface area contributed by atoms with Crippen LogP contribution >= 0.6 is 0 Å². The van der Waals surface area contributed by atoms with Crippen LogP contribution in [0.3, 0.4) is 0 Å². The van der Waals surface area contributed by atoms with Gasteiger partial charge in [-0.25, -0.2) is 9.67 Å². The molecule has 55 heavy (non-hydrogen) atoms. The average Bonchev–Trinajstić information content (AvgIpc) is 3.96. The number of rotatable bonds is 8. The van der Waals surface area contributed by atoms with E-state index < -0.39 is 0 Å². The summed E-state index contributed by atoms with van der Waals surface area (Å²) in [6, 6.07) is 55.6. The normalized spacial score (nSPS) is 12.6. The highest BCUT2D eigenvalue weighted by atomic mass is 15.3. The number of benzene rings is 5. The van der Waals surface area contributed by atoms with Crippen LogP contribution in [0.5, 0.6) is 0 Å². The Hall–Kier alpha value is -7.19. The van der Waals surface area contributed by atoms with Crippen molar-refractivity contribution in [1.29, 1.82) is 0 Å². The summed E-state index contributed by atoms with van der Waals surface area (Å²) in [5, 5.41) is 7.88. The molecule has 0 saturated heterocycles. The molecule has 8 heteroatoms. The summed E-state index contributed by atoms with van der Waals surface area (Å²) in [4.78, 5) is 14.2. The lowest BCUT2D eigenvalue weighted by Crippen LogP contribution is -2.53. The van der Waals surface area contributed by atoms with Crippen LogP contribution in [0.2, 0.25) is 0 Å². The molecule has 0 bridgehead atoms. The molecule has 262 valence electrons. The van der Waals surface area contributed by atoms with Crippen LogP contribution in [0.4, 0.5) is 5.69 Å². The number of anilines is 1. The van der Waals surface area contributed by atoms with E-state index in [1.807, 2.05) is 36.8 Å². The highest BCUT2D eigenvalue weighted by Crippen LogP contribution is 2.32. The fraction of sp³-hybridized carbons (Fsp3) is 0.0426. The van der Waals surface area contributed by atoms with Crippen LogP contribution in [0.15, 0.2) is 189 Å². The predicted molar refractivity (Wildman–Crippen MR) is 226 cm³/mol. The summed E-state index contributed by atoms with van der Waals surface area (Å²) in [6.07, 6.45) is 10.1. The third-order valence-corrected chi connectivity index (χ3v) is 10.5. The van der Waals surface area contributed by atoms with Crippen LogP contribution in [-0.2, 0) is 0 Å². The predicted octanol–water partition coefficient (Wildman–Crippen LogP) is 7.79. The lowest BCUT2D eigenvalue weighted by atomic mass is 9.36. The van der Waals surface area contributed by atoms with E-state index in [0.29, 0.717) is 0 Å². The fourth-order valence-electron chi connectivity index (χ4n) is 8.02. The first kappa shape index (κ1) is 32.5. The first-order valence-corrected chi connectivity index (χ1v) is 18.5. The van der Waals surface area contributed by atoms with Gasteiger partial charge in [-0.15, -0.1) is 0 Å². The quantitative estimate of drug-likeness (QED) is 0.151. The molecular formula is C47H36BN7. The summed E-state index contributed by atoms with van der Waals surface area (Å²) >= 11 is 0. The number of hydrogen-bond donors (Lipinski definition) is 0. The Bertz CT molecular complexity index is 2810. The number of para-hydroxylation sites is 2. The molecule has 0 saturated carbocycles. The molecule has 1 aliphatic rings. The van der Waals surface area contributed by atoms with Gasteiger partial charge in [0.2, 0.25) is 6.71 Å². The van der Waals surface area contributed by atoms with Gasteiger partial charge >= 0.3 is 0 Å². The lowest BCUT2D eigenvalue weighted by molar-refractivity contribution is 0.495. The summed E-state index contributed by atoms with van der Waals surface area (Å²) < 4.78 is 4.41. The minimum atomic E-state index is -0.265. The minimum absolute atomic E-state index is 0.265. The summed E-state index contributed by atoms with van der Waals surface area (Å²) in [5.74, 6) is 0.878. The van der Waals surface area contributed by atoms with E-state index in [-0.39, 0.29) is 6.71 Å². The van der Waals surface area contributed by atoms with E-state index in [4.69, 9.17) is 15.1 Å². The Morgan fingerprint density at radius 2 is 1.29 bits per heavy atom. The largest absolute Gasteiger partial charge is 0.361 e. The van der Waals surface area contributed by atoms with Crippen molar-refractivity contribution in [3.63, 3.8) is 0 Å². The molecule has 0 amide bonds. The van der Waals surface area contributed by atoms with Crippen LogP contribution in [-0.4, -0.2) is 49.6 Å². The number of hydrogen-bond acceptors (Lipinski definition) is 5. The number of pyridine rings is 2. The monoisotopic (exact) mass is 709 g/mol. The van der Waals surface area contributed by atoms with E-state index in [1.165, 1.54) is 10.8 Å². The molecule has 0 spiro atoms. The van der Waals surface area contributed by atoms with Crippen molar-refractivity contribution in [1.82, 2.24) is 29.2 Å². The maximum atomic E-state index is 5.52. The second-order valence-electron chi connectivity index (χ2n) is 14.0. The van der Waals surface area contributed by atoms with E-state index >= 15 is 0 Å². The highest BCUT2D eigenvalue weighted by molar-refractivity contribution is 6.97. The van der Waals surface area contributed by atoms with Crippen LogP contribution < -0.4 is 21.3 Å². The molecule has 0 radical (unpaired) electrons. The Labute approximate surface area is 320 Å². The van der Waals surface area contributed by atoms with Crippen molar-refractivity contribution >= 4 is 50.6 Å². The summed E-state index contributed by atoms with van der Waals surface area (Å²) in [6.45, 7) is 0.488. The molecule has 0 aliphatic carbocycles. The van der Waals surface area contributed by atoms with Gasteiger partial charge in [-0.05, 0) is 59.0 Å². The molecule has 10 rings (SSSR count). The van der Waals surface area contributed by atoms with Gasteiger partial charge in [0.1, 0.15) is 5.82 Å². The Kier molecular flexibility index (Phi) is 8.06. The zero-order chi connectivity index (χ0) is 36.7. The maximum Gasteiger partial charge on any atom is 0.249 e. The van der Waals surface area contributed by atoms with Gasteiger partial charge in [-0.1, -0.05) is 121 Å². The van der Waals surface area contributed by atoms with E-state index in [1.54, 1.807) is 0 Å². The molecule has 5 aromatic carbocycles. The third-order valence-electron chi connectivity index (χ3n) is 10.5. The van der Waals surface area contributed by atoms with E-state index in [0.717, 1.165) is 73.8 Å². The molecule has 1 aliphatic heterocycles. The Morgan fingerprint density at radius 1 is 0.582 bits per heavy atom. The molecule has 9 aromatic rings. The standard InChI is InChI=1S/C47H36BN7/c1-52-27-28-53(33-52)39-29-37(31-49-32-39)48(36-24-25-41-40-21-11-12-22-42(40)54(43(41)30-36)44-23-13-14-26-50-44)45-46(34-15-5-2-6-16-34)51-55(38-19-9-4-10-20-38)47(45)35-17-7-3-8-18-35/h2-32H,33H2,1H3. The Morgan fingerprint density at radius 3 is 2.04 bits per heavy atom. The van der Waals surface area contributed by atoms with E-state index in [2.05, 4.69) is 178 Å². The number of nitrogens with zero attached hydrogens (tertiary/aromatic N) is 7. The van der Waals surface area contributed by atoms with Crippen LogP contribution in [0.1, 0.15) is 0 Å². The van der Waals surface area contributed by atoms with Gasteiger partial charge < -0.3 is 9.80 Å². The molecular weight excluding hydrogens is 673 g/mol. The van der Waals surface area contributed by atoms with Gasteiger partial charge in [0.15, 0.2) is 0 Å². The van der Waals surface area contributed by atoms with E-state index in [9.17, 15) is 0 Å². The topological polar surface area (TPSA) is 55.0 Å². The smallest absolute Gasteiger partial charge is 0.249 e. The third kappa shape index (κ3) is 5.76.